The Balaban J connectivity index is 1.48. The number of ether oxygens (including phenoxy) is 1. The smallest absolute Gasteiger partial charge is 0.0835 e. The van der Waals surface area contributed by atoms with Crippen LogP contribution in [0.5, 0.6) is 0 Å². The first-order chi connectivity index (χ1) is 14.2. The predicted octanol–water partition coefficient (Wildman–Crippen LogP) is 7.09. The van der Waals surface area contributed by atoms with E-state index in [1.54, 1.807) is 7.11 Å². The summed E-state index contributed by atoms with van der Waals surface area (Å²) in [5, 5.41) is 10.6. The van der Waals surface area contributed by atoms with Gasteiger partial charge in [0.05, 0.1) is 12.2 Å². The average Bonchev–Trinajstić information content (AvgIpc) is 3.05. The fourth-order valence-corrected chi connectivity index (χ4v) is 9.52. The van der Waals surface area contributed by atoms with E-state index in [1.165, 1.54) is 57.8 Å². The topological polar surface area (TPSA) is 29.5 Å². The molecule has 0 saturated heterocycles. The lowest BCUT2D eigenvalue weighted by Crippen LogP contribution is -2.57. The molecule has 4 rings (SSSR count). The molecule has 1 N–H and O–H groups in total. The van der Waals surface area contributed by atoms with Crippen molar-refractivity contribution in [3.63, 3.8) is 0 Å². The van der Waals surface area contributed by atoms with Gasteiger partial charge in [-0.1, -0.05) is 53.9 Å². The number of hydrogen-bond donors (Lipinski definition) is 1. The van der Waals surface area contributed by atoms with E-state index >= 15 is 0 Å². The second kappa shape index (κ2) is 8.69. The standard InChI is InChI=1S/C28H50O2/c1-18(2)8-7-9-19(3)22-12-13-23-21-11-10-20-16-25(29)26(30-6)17-28(20,5)24(21)14-15-27(22,23)4/h18-26,29H,7-17H2,1-6H3. The molecule has 2 nitrogen and oxygen atoms in total. The molecule has 0 aliphatic heterocycles. The van der Waals surface area contributed by atoms with Crippen LogP contribution in [0.1, 0.15) is 105 Å². The van der Waals surface area contributed by atoms with Crippen molar-refractivity contribution >= 4 is 0 Å². The van der Waals surface area contributed by atoms with E-state index in [-0.39, 0.29) is 12.2 Å². The minimum Gasteiger partial charge on any atom is -0.390 e. The summed E-state index contributed by atoms with van der Waals surface area (Å²) >= 11 is 0. The molecule has 4 fully saturated rings. The lowest BCUT2D eigenvalue weighted by atomic mass is 9.44. The van der Waals surface area contributed by atoms with Gasteiger partial charge >= 0.3 is 0 Å². The third kappa shape index (κ3) is 3.81. The Morgan fingerprint density at radius 1 is 0.933 bits per heavy atom. The third-order valence-electron chi connectivity index (χ3n) is 11.2. The first kappa shape index (κ1) is 23.1. The van der Waals surface area contributed by atoms with Gasteiger partial charge in [0, 0.05) is 7.11 Å². The number of rotatable bonds is 6. The van der Waals surface area contributed by atoms with Gasteiger partial charge in [0.1, 0.15) is 0 Å². The van der Waals surface area contributed by atoms with Crippen molar-refractivity contribution in [1.82, 2.24) is 0 Å². The summed E-state index contributed by atoms with van der Waals surface area (Å²) in [6, 6.07) is 0. The van der Waals surface area contributed by atoms with Crippen LogP contribution in [0.2, 0.25) is 0 Å². The molecule has 0 spiro atoms. The van der Waals surface area contributed by atoms with E-state index in [2.05, 4.69) is 34.6 Å². The molecule has 0 heterocycles. The summed E-state index contributed by atoms with van der Waals surface area (Å²) in [5.41, 5.74) is 0.960. The molecule has 0 aromatic rings. The zero-order chi connectivity index (χ0) is 21.7. The van der Waals surface area contributed by atoms with E-state index in [0.717, 1.165) is 48.3 Å². The molecule has 0 amide bonds. The number of methoxy groups -OCH3 is 1. The SMILES string of the molecule is COC1CC2(C)C(CCC3C2CCC2(C)C(C(C)CCCC(C)C)CCC32)CC1O. The highest BCUT2D eigenvalue weighted by molar-refractivity contribution is 5.10. The number of aliphatic hydroxyl groups excluding tert-OH is 1. The Hall–Kier alpha value is -0.0800. The summed E-state index contributed by atoms with van der Waals surface area (Å²) < 4.78 is 5.76. The maximum Gasteiger partial charge on any atom is 0.0835 e. The second-order valence-corrected chi connectivity index (χ2v) is 13.0. The van der Waals surface area contributed by atoms with Crippen molar-refractivity contribution in [2.45, 2.75) is 117 Å². The molecule has 10 atom stereocenters. The highest BCUT2D eigenvalue weighted by Gasteiger charge is 2.61. The molecule has 4 saturated carbocycles. The fourth-order valence-electron chi connectivity index (χ4n) is 9.52. The molecule has 30 heavy (non-hydrogen) atoms. The lowest BCUT2D eigenvalue weighted by molar-refractivity contribution is -0.167. The van der Waals surface area contributed by atoms with Gasteiger partial charge in [0.2, 0.25) is 0 Å². The summed E-state index contributed by atoms with van der Waals surface area (Å²) in [6.45, 7) is 12.6. The van der Waals surface area contributed by atoms with Crippen molar-refractivity contribution in [1.29, 1.82) is 0 Å². The van der Waals surface area contributed by atoms with Gasteiger partial charge < -0.3 is 9.84 Å². The van der Waals surface area contributed by atoms with Gasteiger partial charge in [-0.25, -0.2) is 0 Å². The molecular formula is C28H50O2. The van der Waals surface area contributed by atoms with E-state index in [9.17, 15) is 5.11 Å². The zero-order valence-corrected chi connectivity index (χ0v) is 20.8. The average molecular weight is 419 g/mol. The fraction of sp³-hybridized carbons (Fsp3) is 1.00. The van der Waals surface area contributed by atoms with Gasteiger partial charge in [0.25, 0.3) is 0 Å². The Bertz CT molecular complexity index is 587. The maximum atomic E-state index is 10.6. The molecule has 0 radical (unpaired) electrons. The maximum absolute atomic E-state index is 10.6. The first-order valence-corrected chi connectivity index (χ1v) is 13.4. The van der Waals surface area contributed by atoms with Gasteiger partial charge in [-0.3, -0.25) is 0 Å². The van der Waals surface area contributed by atoms with Crippen LogP contribution >= 0.6 is 0 Å². The molecule has 4 aliphatic rings. The van der Waals surface area contributed by atoms with Crippen molar-refractivity contribution in [2.24, 2.45) is 52.3 Å². The van der Waals surface area contributed by atoms with Crippen LogP contribution in [-0.4, -0.2) is 24.4 Å². The highest BCUT2D eigenvalue weighted by atomic mass is 16.5. The Kier molecular flexibility index (Phi) is 6.69. The second-order valence-electron chi connectivity index (χ2n) is 13.0. The van der Waals surface area contributed by atoms with E-state index in [1.807, 2.05) is 0 Å². The number of hydrogen-bond acceptors (Lipinski definition) is 2. The molecule has 0 bridgehead atoms. The van der Waals surface area contributed by atoms with Crippen LogP contribution in [-0.2, 0) is 4.74 Å². The molecule has 174 valence electrons. The summed E-state index contributed by atoms with van der Waals surface area (Å²) in [6.07, 6.45) is 14.7. The molecular weight excluding hydrogens is 368 g/mol. The normalized spacial score (nSPS) is 49.4. The van der Waals surface area contributed by atoms with E-state index < -0.39 is 0 Å². The summed E-state index contributed by atoms with van der Waals surface area (Å²) in [4.78, 5) is 0. The summed E-state index contributed by atoms with van der Waals surface area (Å²) in [7, 11) is 1.80. The van der Waals surface area contributed by atoms with E-state index in [0.29, 0.717) is 16.7 Å². The van der Waals surface area contributed by atoms with Crippen molar-refractivity contribution in [3.05, 3.63) is 0 Å². The minimum absolute atomic E-state index is 0.0515. The molecule has 4 aliphatic carbocycles. The van der Waals surface area contributed by atoms with Crippen LogP contribution < -0.4 is 0 Å². The number of aliphatic hydroxyl groups is 1. The van der Waals surface area contributed by atoms with E-state index in [4.69, 9.17) is 4.74 Å². The zero-order valence-electron chi connectivity index (χ0n) is 20.8. The van der Waals surface area contributed by atoms with Crippen molar-refractivity contribution in [2.75, 3.05) is 7.11 Å². The number of fused-ring (bicyclic) bond motifs is 5. The monoisotopic (exact) mass is 418 g/mol. The third-order valence-corrected chi connectivity index (χ3v) is 11.2. The van der Waals surface area contributed by atoms with Gasteiger partial charge in [-0.2, -0.15) is 0 Å². The molecule has 10 unspecified atom stereocenters. The minimum atomic E-state index is -0.249. The van der Waals surface area contributed by atoms with Crippen LogP contribution in [0.15, 0.2) is 0 Å². The van der Waals surface area contributed by atoms with Crippen molar-refractivity contribution < 1.29 is 9.84 Å². The van der Waals surface area contributed by atoms with Crippen LogP contribution in [0.4, 0.5) is 0 Å². The highest BCUT2D eigenvalue weighted by Crippen LogP contribution is 2.68. The summed E-state index contributed by atoms with van der Waals surface area (Å²) in [5.74, 6) is 6.11. The Morgan fingerprint density at radius 3 is 2.37 bits per heavy atom. The van der Waals surface area contributed by atoms with Crippen LogP contribution in [0.3, 0.4) is 0 Å². The van der Waals surface area contributed by atoms with Crippen LogP contribution in [0.25, 0.3) is 0 Å². The largest absolute Gasteiger partial charge is 0.390 e. The van der Waals surface area contributed by atoms with Gasteiger partial charge in [0.15, 0.2) is 0 Å². The Morgan fingerprint density at radius 2 is 1.67 bits per heavy atom. The van der Waals surface area contributed by atoms with Crippen molar-refractivity contribution in [3.8, 4) is 0 Å². The Labute approximate surface area is 186 Å². The molecule has 0 aromatic heterocycles. The first-order valence-electron chi connectivity index (χ1n) is 13.4. The molecule has 2 heteroatoms. The molecule has 0 aromatic carbocycles. The lowest BCUT2D eigenvalue weighted by Gasteiger charge is -2.62. The quantitative estimate of drug-likeness (QED) is 0.499. The van der Waals surface area contributed by atoms with Crippen LogP contribution in [0, 0.1) is 52.3 Å². The van der Waals surface area contributed by atoms with Gasteiger partial charge in [-0.05, 0) is 104 Å². The van der Waals surface area contributed by atoms with Gasteiger partial charge in [-0.15, -0.1) is 0 Å². The predicted molar refractivity (Wildman–Crippen MR) is 125 cm³/mol.